The number of halogens is 1. The van der Waals surface area contributed by atoms with Crippen LogP contribution in [-0.4, -0.2) is 20.7 Å². The Morgan fingerprint density at radius 2 is 1.95 bits per heavy atom. The first kappa shape index (κ1) is 15.9. The molecule has 0 aromatic heterocycles. The number of hydrogen-bond donors (Lipinski definition) is 1. The Kier molecular flexibility index (Phi) is 5.26. The molecule has 0 saturated heterocycles. The minimum atomic E-state index is 0.0956. The fraction of sp³-hybridized carbons (Fsp3) is 0.294. The van der Waals surface area contributed by atoms with Crippen molar-refractivity contribution in [3.05, 3.63) is 58.1 Å². The summed E-state index contributed by atoms with van der Waals surface area (Å²) in [6.45, 7) is 2.61. The van der Waals surface area contributed by atoms with Gasteiger partial charge in [0.25, 0.3) is 0 Å². The SMILES string of the molecule is COc1ccccc1N(C)C(CN)c1ccc(C)c(Br)c1. The summed E-state index contributed by atoms with van der Waals surface area (Å²) in [5.74, 6) is 0.852. The molecule has 0 bridgehead atoms. The van der Waals surface area contributed by atoms with Crippen LogP contribution in [0.15, 0.2) is 46.9 Å². The van der Waals surface area contributed by atoms with Gasteiger partial charge in [0.15, 0.2) is 0 Å². The Bertz CT molecular complexity index is 615. The summed E-state index contributed by atoms with van der Waals surface area (Å²) in [6, 6.07) is 14.5. The van der Waals surface area contributed by atoms with Crippen molar-refractivity contribution in [2.24, 2.45) is 5.73 Å². The normalized spacial score (nSPS) is 12.0. The topological polar surface area (TPSA) is 38.5 Å². The molecule has 3 nitrogen and oxygen atoms in total. The molecule has 0 fully saturated rings. The summed E-state index contributed by atoms with van der Waals surface area (Å²) in [4.78, 5) is 2.16. The Balaban J connectivity index is 2.38. The number of nitrogens with two attached hydrogens (primary N) is 1. The molecule has 0 aliphatic carbocycles. The first-order chi connectivity index (χ1) is 10.1. The molecular formula is C17H21BrN2O. The van der Waals surface area contributed by atoms with Crippen LogP contribution in [0.3, 0.4) is 0 Å². The van der Waals surface area contributed by atoms with E-state index in [0.717, 1.165) is 15.9 Å². The fourth-order valence-corrected chi connectivity index (χ4v) is 2.82. The maximum absolute atomic E-state index is 6.02. The lowest BCUT2D eigenvalue weighted by Gasteiger charge is -2.31. The molecule has 4 heteroatoms. The minimum Gasteiger partial charge on any atom is -0.495 e. The van der Waals surface area contributed by atoms with Crippen LogP contribution in [-0.2, 0) is 0 Å². The largest absolute Gasteiger partial charge is 0.495 e. The second kappa shape index (κ2) is 6.96. The van der Waals surface area contributed by atoms with Gasteiger partial charge in [-0.1, -0.05) is 40.2 Å². The average Bonchev–Trinajstić information content (AvgIpc) is 2.51. The van der Waals surface area contributed by atoms with E-state index < -0.39 is 0 Å². The van der Waals surface area contributed by atoms with Gasteiger partial charge in [-0.05, 0) is 36.2 Å². The first-order valence-corrected chi connectivity index (χ1v) is 7.69. The second-order valence-corrected chi connectivity index (χ2v) is 5.90. The number of hydrogen-bond acceptors (Lipinski definition) is 3. The maximum atomic E-state index is 6.02. The molecule has 0 amide bonds. The Hall–Kier alpha value is -1.52. The minimum absolute atomic E-state index is 0.0956. The number of ether oxygens (including phenoxy) is 1. The zero-order valence-electron chi connectivity index (χ0n) is 12.6. The van der Waals surface area contributed by atoms with Gasteiger partial charge in [0.05, 0.1) is 18.8 Å². The predicted molar refractivity (Wildman–Crippen MR) is 92.1 cm³/mol. The van der Waals surface area contributed by atoms with Crippen LogP contribution in [0.2, 0.25) is 0 Å². The molecule has 1 atom stereocenters. The number of nitrogens with zero attached hydrogens (tertiary/aromatic N) is 1. The lowest BCUT2D eigenvalue weighted by molar-refractivity contribution is 0.413. The molecule has 0 spiro atoms. The number of rotatable bonds is 5. The lowest BCUT2D eigenvalue weighted by Crippen LogP contribution is -2.30. The highest BCUT2D eigenvalue weighted by Crippen LogP contribution is 2.33. The zero-order chi connectivity index (χ0) is 15.4. The van der Waals surface area contributed by atoms with Gasteiger partial charge in [-0.15, -0.1) is 0 Å². The molecule has 0 aliphatic heterocycles. The van der Waals surface area contributed by atoms with Gasteiger partial charge in [0.2, 0.25) is 0 Å². The van der Waals surface area contributed by atoms with Gasteiger partial charge in [-0.2, -0.15) is 0 Å². The summed E-state index contributed by atoms with van der Waals surface area (Å²) in [5.41, 5.74) is 9.46. The molecule has 2 N–H and O–H groups in total. The summed E-state index contributed by atoms with van der Waals surface area (Å²) >= 11 is 3.59. The lowest BCUT2D eigenvalue weighted by atomic mass is 10.0. The first-order valence-electron chi connectivity index (χ1n) is 6.90. The van der Waals surface area contributed by atoms with Crippen molar-refractivity contribution in [3.8, 4) is 5.75 Å². The van der Waals surface area contributed by atoms with Crippen molar-refractivity contribution in [1.29, 1.82) is 0 Å². The van der Waals surface area contributed by atoms with Crippen LogP contribution in [0.1, 0.15) is 17.2 Å². The van der Waals surface area contributed by atoms with Crippen molar-refractivity contribution in [2.75, 3.05) is 25.6 Å². The van der Waals surface area contributed by atoms with Crippen LogP contribution in [0, 0.1) is 6.92 Å². The van der Waals surface area contributed by atoms with E-state index in [2.05, 4.69) is 46.0 Å². The quantitative estimate of drug-likeness (QED) is 0.890. The molecule has 21 heavy (non-hydrogen) atoms. The number of likely N-dealkylation sites (N-methyl/N-ethyl adjacent to an activating group) is 1. The summed E-state index contributed by atoms with van der Waals surface area (Å²) in [6.07, 6.45) is 0. The van der Waals surface area contributed by atoms with E-state index in [1.54, 1.807) is 7.11 Å². The van der Waals surface area contributed by atoms with Crippen LogP contribution in [0.4, 0.5) is 5.69 Å². The maximum Gasteiger partial charge on any atom is 0.142 e. The van der Waals surface area contributed by atoms with Crippen molar-refractivity contribution >= 4 is 21.6 Å². The number of methoxy groups -OCH3 is 1. The average molecular weight is 349 g/mol. The molecule has 2 rings (SSSR count). The van der Waals surface area contributed by atoms with E-state index in [4.69, 9.17) is 10.5 Å². The molecule has 112 valence electrons. The Labute approximate surface area is 134 Å². The number of anilines is 1. The smallest absolute Gasteiger partial charge is 0.142 e. The van der Waals surface area contributed by atoms with Gasteiger partial charge in [0.1, 0.15) is 5.75 Å². The number of benzene rings is 2. The summed E-state index contributed by atoms with van der Waals surface area (Å²) in [7, 11) is 3.73. The van der Waals surface area contributed by atoms with Crippen LogP contribution in [0.5, 0.6) is 5.75 Å². The molecule has 0 saturated carbocycles. The summed E-state index contributed by atoms with van der Waals surface area (Å²) in [5, 5.41) is 0. The molecule has 0 aliphatic rings. The third kappa shape index (κ3) is 3.39. The van der Waals surface area contributed by atoms with E-state index in [-0.39, 0.29) is 6.04 Å². The predicted octanol–water partition coefficient (Wildman–Crippen LogP) is 3.90. The zero-order valence-corrected chi connectivity index (χ0v) is 14.2. The molecule has 1 unspecified atom stereocenters. The fourth-order valence-electron chi connectivity index (χ4n) is 2.42. The number of aryl methyl sites for hydroxylation is 1. The van der Waals surface area contributed by atoms with Gasteiger partial charge in [-0.3, -0.25) is 0 Å². The molecule has 0 heterocycles. The summed E-state index contributed by atoms with van der Waals surface area (Å²) < 4.78 is 6.55. The van der Waals surface area contributed by atoms with Gasteiger partial charge < -0.3 is 15.4 Å². The Morgan fingerprint density at radius 3 is 2.57 bits per heavy atom. The highest BCUT2D eigenvalue weighted by atomic mass is 79.9. The van der Waals surface area contributed by atoms with Crippen LogP contribution >= 0.6 is 15.9 Å². The third-order valence-corrected chi connectivity index (χ3v) is 4.59. The van der Waals surface area contributed by atoms with Gasteiger partial charge in [0, 0.05) is 18.1 Å². The molecule has 2 aromatic rings. The van der Waals surface area contributed by atoms with Crippen molar-refractivity contribution in [2.45, 2.75) is 13.0 Å². The van der Waals surface area contributed by atoms with E-state index in [0.29, 0.717) is 6.54 Å². The second-order valence-electron chi connectivity index (χ2n) is 5.04. The van der Waals surface area contributed by atoms with Crippen LogP contribution < -0.4 is 15.4 Å². The molecule has 2 aromatic carbocycles. The molecule has 0 radical (unpaired) electrons. The monoisotopic (exact) mass is 348 g/mol. The van der Waals surface area contributed by atoms with Gasteiger partial charge >= 0.3 is 0 Å². The highest BCUT2D eigenvalue weighted by molar-refractivity contribution is 9.10. The molecular weight excluding hydrogens is 328 g/mol. The van der Waals surface area contributed by atoms with E-state index in [9.17, 15) is 0 Å². The standard InChI is InChI=1S/C17H21BrN2O/c1-12-8-9-13(10-14(12)18)16(11-19)20(2)15-6-4-5-7-17(15)21-3/h4-10,16H,11,19H2,1-3H3. The van der Waals surface area contributed by atoms with Crippen LogP contribution in [0.25, 0.3) is 0 Å². The van der Waals surface area contributed by atoms with Crippen molar-refractivity contribution < 1.29 is 4.74 Å². The number of para-hydroxylation sites is 2. The van der Waals surface area contributed by atoms with E-state index in [1.165, 1.54) is 11.1 Å². The third-order valence-electron chi connectivity index (χ3n) is 3.74. The van der Waals surface area contributed by atoms with Crippen molar-refractivity contribution in [1.82, 2.24) is 0 Å². The highest BCUT2D eigenvalue weighted by Gasteiger charge is 2.19. The van der Waals surface area contributed by atoms with E-state index in [1.807, 2.05) is 31.3 Å². The van der Waals surface area contributed by atoms with E-state index >= 15 is 0 Å². The van der Waals surface area contributed by atoms with Gasteiger partial charge in [-0.25, -0.2) is 0 Å². The van der Waals surface area contributed by atoms with Crippen molar-refractivity contribution in [3.63, 3.8) is 0 Å². The Morgan fingerprint density at radius 1 is 1.24 bits per heavy atom.